The molecule has 0 spiro atoms. The first-order chi connectivity index (χ1) is 17.3. The van der Waals surface area contributed by atoms with Crippen molar-refractivity contribution >= 4 is 28.3 Å². The van der Waals surface area contributed by atoms with Crippen molar-refractivity contribution in [3.05, 3.63) is 95.1 Å². The summed E-state index contributed by atoms with van der Waals surface area (Å²) in [4.78, 5) is 12.7. The number of benzene rings is 3. The standard InChI is InChI=1S/C29H34N2O4S.ClH/c1-36(34,35)31-29(33)26-16-15-25(19-27(26)23-7-5-6-8-23)22-13-11-21(12-14-22)17-18-30-20-28(32)24-9-3-2-4-10-24;/h2-4,9-16,19,23,28,30,32H,5-8,17-18,20H2,1H3,(H,31,33);1H/t28-;/m1./s1. The van der Waals surface area contributed by atoms with E-state index >= 15 is 0 Å². The molecule has 1 aliphatic carbocycles. The zero-order valence-corrected chi connectivity index (χ0v) is 22.7. The fourth-order valence-electron chi connectivity index (χ4n) is 4.88. The van der Waals surface area contributed by atoms with E-state index in [2.05, 4.69) is 40.4 Å². The first-order valence-corrected chi connectivity index (χ1v) is 14.4. The van der Waals surface area contributed by atoms with Gasteiger partial charge in [0.2, 0.25) is 10.0 Å². The van der Waals surface area contributed by atoms with Gasteiger partial charge in [0.15, 0.2) is 0 Å². The van der Waals surface area contributed by atoms with Crippen molar-refractivity contribution in [1.29, 1.82) is 0 Å². The Balaban J connectivity index is 0.00000380. The van der Waals surface area contributed by atoms with Gasteiger partial charge >= 0.3 is 0 Å². The maximum Gasteiger partial charge on any atom is 0.265 e. The summed E-state index contributed by atoms with van der Waals surface area (Å²) in [6.45, 7) is 1.27. The highest BCUT2D eigenvalue weighted by molar-refractivity contribution is 7.89. The predicted molar refractivity (Wildman–Crippen MR) is 151 cm³/mol. The molecule has 0 unspecified atom stereocenters. The second-order valence-corrected chi connectivity index (χ2v) is 11.3. The van der Waals surface area contributed by atoms with Gasteiger partial charge in [0, 0.05) is 12.1 Å². The van der Waals surface area contributed by atoms with E-state index in [4.69, 9.17) is 0 Å². The molecule has 198 valence electrons. The highest BCUT2D eigenvalue weighted by Gasteiger charge is 2.24. The van der Waals surface area contributed by atoms with Gasteiger partial charge in [0.1, 0.15) is 0 Å². The lowest BCUT2D eigenvalue weighted by Gasteiger charge is -2.17. The highest BCUT2D eigenvalue weighted by atomic mass is 35.5. The van der Waals surface area contributed by atoms with Crippen molar-refractivity contribution in [2.24, 2.45) is 0 Å². The molecule has 0 aliphatic heterocycles. The molecule has 1 aliphatic rings. The van der Waals surface area contributed by atoms with Gasteiger partial charge < -0.3 is 10.4 Å². The predicted octanol–water partition coefficient (Wildman–Crippen LogP) is 4.99. The van der Waals surface area contributed by atoms with Crippen LogP contribution in [0.4, 0.5) is 0 Å². The molecule has 8 heteroatoms. The Morgan fingerprint density at radius 2 is 1.62 bits per heavy atom. The molecule has 0 heterocycles. The molecule has 4 rings (SSSR count). The minimum absolute atomic E-state index is 0. The van der Waals surface area contributed by atoms with Crippen LogP contribution >= 0.6 is 12.4 Å². The number of sulfonamides is 1. The maximum absolute atomic E-state index is 12.7. The second kappa shape index (κ2) is 13.2. The molecule has 0 aromatic heterocycles. The molecule has 1 fully saturated rings. The quantitative estimate of drug-likeness (QED) is 0.314. The van der Waals surface area contributed by atoms with Gasteiger partial charge in [-0.15, -0.1) is 12.4 Å². The monoisotopic (exact) mass is 542 g/mol. The Morgan fingerprint density at radius 3 is 2.27 bits per heavy atom. The Kier molecular flexibility index (Phi) is 10.3. The van der Waals surface area contributed by atoms with Gasteiger partial charge in [0.05, 0.1) is 12.4 Å². The average Bonchev–Trinajstić information content (AvgIpc) is 3.41. The summed E-state index contributed by atoms with van der Waals surface area (Å²) >= 11 is 0. The highest BCUT2D eigenvalue weighted by Crippen LogP contribution is 2.38. The third-order valence-electron chi connectivity index (χ3n) is 6.77. The number of halogens is 1. The van der Waals surface area contributed by atoms with Crippen molar-refractivity contribution < 1.29 is 18.3 Å². The van der Waals surface area contributed by atoms with Crippen LogP contribution < -0.4 is 10.0 Å². The van der Waals surface area contributed by atoms with E-state index in [1.54, 1.807) is 6.07 Å². The summed E-state index contributed by atoms with van der Waals surface area (Å²) in [6.07, 6.45) is 5.57. The zero-order valence-electron chi connectivity index (χ0n) is 21.0. The average molecular weight is 543 g/mol. The van der Waals surface area contributed by atoms with E-state index in [0.29, 0.717) is 12.1 Å². The Morgan fingerprint density at radius 1 is 0.973 bits per heavy atom. The van der Waals surface area contributed by atoms with Crippen molar-refractivity contribution in [2.75, 3.05) is 19.3 Å². The first-order valence-electron chi connectivity index (χ1n) is 12.5. The summed E-state index contributed by atoms with van der Waals surface area (Å²) in [5.41, 5.74) is 5.55. The normalized spacial score (nSPS) is 14.6. The van der Waals surface area contributed by atoms with Crippen LogP contribution in [0.15, 0.2) is 72.8 Å². The van der Waals surface area contributed by atoms with Crippen LogP contribution in [-0.4, -0.2) is 38.8 Å². The van der Waals surface area contributed by atoms with Crippen molar-refractivity contribution in [2.45, 2.75) is 44.1 Å². The molecule has 3 N–H and O–H groups in total. The lowest BCUT2D eigenvalue weighted by atomic mass is 9.89. The molecule has 3 aromatic carbocycles. The summed E-state index contributed by atoms with van der Waals surface area (Å²) in [5, 5.41) is 13.6. The van der Waals surface area contributed by atoms with Crippen LogP contribution in [0, 0.1) is 0 Å². The van der Waals surface area contributed by atoms with Crippen molar-refractivity contribution in [1.82, 2.24) is 10.0 Å². The lowest BCUT2D eigenvalue weighted by Crippen LogP contribution is -2.30. The van der Waals surface area contributed by atoms with Gasteiger partial charge in [-0.05, 0) is 65.6 Å². The summed E-state index contributed by atoms with van der Waals surface area (Å²) in [5.74, 6) is -0.298. The Labute approximate surface area is 226 Å². The number of carbonyl (C=O) groups is 1. The smallest absolute Gasteiger partial charge is 0.265 e. The summed E-state index contributed by atoms with van der Waals surface area (Å²) < 4.78 is 25.3. The molecule has 0 radical (unpaired) electrons. The van der Waals surface area contributed by atoms with Crippen molar-refractivity contribution in [3.8, 4) is 11.1 Å². The third-order valence-corrected chi connectivity index (χ3v) is 7.33. The lowest BCUT2D eigenvalue weighted by molar-refractivity contribution is 0.0980. The number of amides is 1. The molecule has 6 nitrogen and oxygen atoms in total. The summed E-state index contributed by atoms with van der Waals surface area (Å²) in [6, 6.07) is 23.7. The van der Waals surface area contributed by atoms with Crippen molar-refractivity contribution in [3.63, 3.8) is 0 Å². The fraction of sp³-hybridized carbons (Fsp3) is 0.345. The molecular weight excluding hydrogens is 508 g/mol. The molecular formula is C29H35ClN2O4S. The van der Waals surface area contributed by atoms with Gasteiger partial charge in [-0.1, -0.05) is 79.6 Å². The number of aliphatic hydroxyl groups is 1. The molecule has 37 heavy (non-hydrogen) atoms. The van der Waals surface area contributed by atoms with E-state index in [-0.39, 0.29) is 18.3 Å². The first kappa shape index (κ1) is 28.9. The van der Waals surface area contributed by atoms with Crippen LogP contribution in [0.3, 0.4) is 0 Å². The number of rotatable bonds is 10. The molecule has 1 saturated carbocycles. The van der Waals surface area contributed by atoms with E-state index in [1.807, 2.05) is 36.4 Å². The Bertz CT molecular complexity index is 1280. The van der Waals surface area contributed by atoms with E-state index < -0.39 is 22.0 Å². The number of aliphatic hydroxyl groups excluding tert-OH is 1. The van der Waals surface area contributed by atoms with Gasteiger partial charge in [-0.2, -0.15) is 0 Å². The molecule has 3 aromatic rings. The van der Waals surface area contributed by atoms with Crippen LogP contribution in [-0.2, 0) is 16.4 Å². The number of nitrogens with one attached hydrogen (secondary N) is 2. The molecule has 1 atom stereocenters. The number of hydrogen-bond donors (Lipinski definition) is 3. The zero-order chi connectivity index (χ0) is 25.5. The molecule has 0 bridgehead atoms. The fourth-order valence-corrected chi connectivity index (χ4v) is 5.32. The minimum Gasteiger partial charge on any atom is -0.387 e. The molecule has 1 amide bonds. The third kappa shape index (κ3) is 8.14. The van der Waals surface area contributed by atoms with Crippen LogP contribution in [0.5, 0.6) is 0 Å². The maximum atomic E-state index is 12.7. The van der Waals surface area contributed by atoms with Gasteiger partial charge in [-0.3, -0.25) is 4.79 Å². The van der Waals surface area contributed by atoms with E-state index in [9.17, 15) is 18.3 Å². The summed E-state index contributed by atoms with van der Waals surface area (Å²) in [7, 11) is -3.63. The minimum atomic E-state index is -3.63. The Hall–Kier alpha value is -2.71. The second-order valence-electron chi connectivity index (χ2n) is 9.56. The van der Waals surface area contributed by atoms with Crippen LogP contribution in [0.2, 0.25) is 0 Å². The number of hydrogen-bond acceptors (Lipinski definition) is 5. The van der Waals surface area contributed by atoms with Crippen LogP contribution in [0.25, 0.3) is 11.1 Å². The largest absolute Gasteiger partial charge is 0.387 e. The van der Waals surface area contributed by atoms with E-state index in [0.717, 1.165) is 67.2 Å². The topological polar surface area (TPSA) is 95.5 Å². The SMILES string of the molecule is CS(=O)(=O)NC(=O)c1ccc(-c2ccc(CCNC[C@@H](O)c3ccccc3)cc2)cc1C1CCCC1.Cl. The van der Waals surface area contributed by atoms with Gasteiger partial charge in [-0.25, -0.2) is 13.1 Å². The molecule has 0 saturated heterocycles. The van der Waals surface area contributed by atoms with Crippen LogP contribution in [0.1, 0.15) is 64.8 Å². The van der Waals surface area contributed by atoms with E-state index in [1.165, 1.54) is 5.56 Å². The van der Waals surface area contributed by atoms with Gasteiger partial charge in [0.25, 0.3) is 5.91 Å². The number of carbonyl (C=O) groups excluding carboxylic acids is 1.